The normalized spacial score (nSPS) is 16.4. The highest BCUT2D eigenvalue weighted by molar-refractivity contribution is 7.89. The molecule has 1 atom stereocenters. The first kappa shape index (κ1) is 22.2. The van der Waals surface area contributed by atoms with Crippen molar-refractivity contribution in [1.82, 2.24) is 4.31 Å². The highest BCUT2D eigenvalue weighted by Gasteiger charge is 2.37. The van der Waals surface area contributed by atoms with Gasteiger partial charge in [0.1, 0.15) is 5.82 Å². The molecule has 1 heterocycles. The van der Waals surface area contributed by atoms with Gasteiger partial charge < -0.3 is 5.32 Å². The molecule has 0 saturated heterocycles. The van der Waals surface area contributed by atoms with Crippen molar-refractivity contribution in [2.45, 2.75) is 37.6 Å². The van der Waals surface area contributed by atoms with Crippen LogP contribution in [0.15, 0.2) is 71.6 Å². The molecule has 0 saturated carbocycles. The zero-order chi connectivity index (χ0) is 22.9. The van der Waals surface area contributed by atoms with Crippen LogP contribution >= 0.6 is 0 Å². The number of carbonyl (C=O) groups excluding carboxylic acids is 1. The average Bonchev–Trinajstić information content (AvgIpc) is 2.76. The summed E-state index contributed by atoms with van der Waals surface area (Å²) in [4.78, 5) is 13.0. The molecule has 0 aromatic heterocycles. The van der Waals surface area contributed by atoms with Crippen molar-refractivity contribution in [3.05, 3.63) is 94.8 Å². The third kappa shape index (κ3) is 4.45. The lowest BCUT2D eigenvalue weighted by Gasteiger charge is -2.36. The molecule has 0 fully saturated rings. The fourth-order valence-electron chi connectivity index (χ4n) is 4.12. The molecule has 0 bridgehead atoms. The number of anilines is 1. The maximum atomic E-state index is 13.4. The largest absolute Gasteiger partial charge is 0.326 e. The van der Waals surface area contributed by atoms with Crippen LogP contribution in [-0.4, -0.2) is 25.2 Å². The van der Waals surface area contributed by atoms with Gasteiger partial charge in [-0.2, -0.15) is 4.31 Å². The van der Waals surface area contributed by atoms with Gasteiger partial charge >= 0.3 is 0 Å². The Balaban J connectivity index is 1.67. The number of nitrogens with one attached hydrogen (secondary N) is 1. The van der Waals surface area contributed by atoms with Crippen molar-refractivity contribution in [2.75, 3.05) is 11.9 Å². The molecule has 3 aromatic rings. The number of halogens is 1. The van der Waals surface area contributed by atoms with E-state index in [1.807, 2.05) is 56.3 Å². The summed E-state index contributed by atoms with van der Waals surface area (Å²) in [6.07, 6.45) is 0.524. The van der Waals surface area contributed by atoms with E-state index in [1.54, 1.807) is 0 Å². The van der Waals surface area contributed by atoms with Crippen LogP contribution in [-0.2, 0) is 21.2 Å². The van der Waals surface area contributed by atoms with Gasteiger partial charge in [-0.15, -0.1) is 0 Å². The third-order valence-corrected chi connectivity index (χ3v) is 7.75. The molecule has 1 aliphatic heterocycles. The average molecular weight is 453 g/mol. The number of rotatable bonds is 5. The maximum Gasteiger partial charge on any atom is 0.243 e. The van der Waals surface area contributed by atoms with Crippen molar-refractivity contribution >= 4 is 21.6 Å². The van der Waals surface area contributed by atoms with Gasteiger partial charge in [-0.3, -0.25) is 4.79 Å². The van der Waals surface area contributed by atoms with Gasteiger partial charge in [0.2, 0.25) is 15.9 Å². The van der Waals surface area contributed by atoms with Crippen molar-refractivity contribution in [3.8, 4) is 0 Å². The highest BCUT2D eigenvalue weighted by atomic mass is 32.2. The van der Waals surface area contributed by atoms with E-state index in [-0.39, 0.29) is 23.8 Å². The topological polar surface area (TPSA) is 66.5 Å². The molecule has 0 spiro atoms. The fourth-order valence-corrected chi connectivity index (χ4v) is 5.72. The molecule has 1 aliphatic rings. The second-order valence-corrected chi connectivity index (χ2v) is 10.00. The zero-order valence-corrected chi connectivity index (χ0v) is 18.8. The molecule has 3 aromatic carbocycles. The minimum Gasteiger partial charge on any atom is -0.326 e. The number of amides is 1. The van der Waals surface area contributed by atoms with Crippen molar-refractivity contribution in [1.29, 1.82) is 0 Å². The van der Waals surface area contributed by atoms with Crippen LogP contribution in [0, 0.1) is 19.7 Å². The summed E-state index contributed by atoms with van der Waals surface area (Å²) in [6.45, 7) is 4.11. The van der Waals surface area contributed by atoms with Gasteiger partial charge in [0, 0.05) is 18.7 Å². The van der Waals surface area contributed by atoms with Gasteiger partial charge in [-0.1, -0.05) is 36.4 Å². The number of benzene rings is 3. The summed E-state index contributed by atoms with van der Waals surface area (Å²) in [5.74, 6) is -0.767. The van der Waals surface area contributed by atoms with E-state index in [4.69, 9.17) is 0 Å². The Morgan fingerprint density at radius 3 is 2.53 bits per heavy atom. The number of fused-ring (bicyclic) bond motifs is 1. The lowest BCUT2D eigenvalue weighted by molar-refractivity contribution is -0.117. The minimum atomic E-state index is -3.92. The molecule has 1 N–H and O–H groups in total. The monoisotopic (exact) mass is 452 g/mol. The lowest BCUT2D eigenvalue weighted by atomic mass is 9.92. The number of carbonyl (C=O) groups is 1. The fraction of sp³-hybridized carbons (Fsp3) is 0.240. The van der Waals surface area contributed by atoms with E-state index in [0.717, 1.165) is 34.4 Å². The molecular weight excluding hydrogens is 427 g/mol. The first-order chi connectivity index (χ1) is 15.3. The number of aryl methyl sites for hydroxylation is 2. The van der Waals surface area contributed by atoms with E-state index in [0.29, 0.717) is 12.1 Å². The predicted molar refractivity (Wildman–Crippen MR) is 122 cm³/mol. The molecule has 1 amide bonds. The number of nitrogens with zero attached hydrogens (tertiary/aromatic N) is 1. The Morgan fingerprint density at radius 1 is 1.06 bits per heavy atom. The summed E-state index contributed by atoms with van der Waals surface area (Å²) in [5, 5.41) is 2.94. The Kier molecular flexibility index (Phi) is 6.13. The van der Waals surface area contributed by atoms with Crippen LogP contribution in [0.3, 0.4) is 0 Å². The van der Waals surface area contributed by atoms with Gasteiger partial charge in [0.15, 0.2) is 0 Å². The standard InChI is InChI=1S/C25H25FN2O3S/c1-17-7-8-18(2)23(15-17)27-25(29)16-24-22-6-4-3-5-19(22)13-14-28(24)32(30,31)21-11-9-20(26)10-12-21/h3-12,15,24H,13-14,16H2,1-2H3,(H,27,29)/t24-/m1/s1. The van der Waals surface area contributed by atoms with Crippen LogP contribution in [0.2, 0.25) is 0 Å². The smallest absolute Gasteiger partial charge is 0.243 e. The second kappa shape index (κ2) is 8.84. The quantitative estimate of drug-likeness (QED) is 0.607. The summed E-state index contributed by atoms with van der Waals surface area (Å²) < 4.78 is 41.6. The molecule has 0 aliphatic carbocycles. The number of sulfonamides is 1. The van der Waals surface area contributed by atoms with Crippen molar-refractivity contribution in [2.24, 2.45) is 0 Å². The van der Waals surface area contributed by atoms with Gasteiger partial charge in [-0.25, -0.2) is 12.8 Å². The number of hydrogen-bond donors (Lipinski definition) is 1. The third-order valence-electron chi connectivity index (χ3n) is 5.83. The Bertz CT molecular complexity index is 1260. The van der Waals surface area contributed by atoms with Gasteiger partial charge in [0.25, 0.3) is 0 Å². The van der Waals surface area contributed by atoms with E-state index in [1.165, 1.54) is 16.4 Å². The lowest BCUT2D eigenvalue weighted by Crippen LogP contribution is -2.41. The van der Waals surface area contributed by atoms with E-state index >= 15 is 0 Å². The maximum absolute atomic E-state index is 13.4. The molecular formula is C25H25FN2O3S. The van der Waals surface area contributed by atoms with Crippen LogP contribution in [0.4, 0.5) is 10.1 Å². The molecule has 5 nitrogen and oxygen atoms in total. The Morgan fingerprint density at radius 2 is 1.78 bits per heavy atom. The van der Waals surface area contributed by atoms with Crippen LogP contribution in [0.5, 0.6) is 0 Å². The first-order valence-corrected chi connectivity index (χ1v) is 11.9. The predicted octanol–water partition coefficient (Wildman–Crippen LogP) is 4.76. The molecule has 7 heteroatoms. The van der Waals surface area contributed by atoms with Crippen molar-refractivity contribution < 1.29 is 17.6 Å². The summed E-state index contributed by atoms with van der Waals surface area (Å²) >= 11 is 0. The molecule has 0 radical (unpaired) electrons. The Hall–Kier alpha value is -3.03. The SMILES string of the molecule is Cc1ccc(C)c(NC(=O)C[C@@H]2c3ccccc3CCN2S(=O)(=O)c2ccc(F)cc2)c1. The molecule has 4 rings (SSSR count). The summed E-state index contributed by atoms with van der Waals surface area (Å²) in [7, 11) is -3.92. The van der Waals surface area contributed by atoms with E-state index in [2.05, 4.69) is 5.32 Å². The van der Waals surface area contributed by atoms with E-state index < -0.39 is 21.9 Å². The highest BCUT2D eigenvalue weighted by Crippen LogP contribution is 2.36. The minimum absolute atomic E-state index is 0.0122. The second-order valence-electron chi connectivity index (χ2n) is 8.10. The van der Waals surface area contributed by atoms with Crippen LogP contribution < -0.4 is 5.32 Å². The van der Waals surface area contributed by atoms with Gasteiger partial charge in [-0.05, 0) is 72.9 Å². The zero-order valence-electron chi connectivity index (χ0n) is 18.0. The molecule has 166 valence electrons. The van der Waals surface area contributed by atoms with Crippen LogP contribution in [0.1, 0.15) is 34.7 Å². The van der Waals surface area contributed by atoms with Crippen LogP contribution in [0.25, 0.3) is 0 Å². The van der Waals surface area contributed by atoms with Gasteiger partial charge in [0.05, 0.1) is 10.9 Å². The Labute approximate surface area is 187 Å². The molecule has 32 heavy (non-hydrogen) atoms. The van der Waals surface area contributed by atoms with E-state index in [9.17, 15) is 17.6 Å². The summed E-state index contributed by atoms with van der Waals surface area (Å²) in [5.41, 5.74) is 4.52. The summed E-state index contributed by atoms with van der Waals surface area (Å²) in [6, 6.07) is 17.5. The first-order valence-electron chi connectivity index (χ1n) is 10.5. The number of hydrogen-bond acceptors (Lipinski definition) is 3. The van der Waals surface area contributed by atoms with Crippen molar-refractivity contribution in [3.63, 3.8) is 0 Å². The molecule has 0 unspecified atom stereocenters.